The first kappa shape index (κ1) is 24.5. The van der Waals surface area contributed by atoms with Crippen LogP contribution in [0.1, 0.15) is 99.9 Å². The van der Waals surface area contributed by atoms with E-state index in [-0.39, 0.29) is 23.3 Å². The molecule has 1 aromatic heterocycles. The van der Waals surface area contributed by atoms with Gasteiger partial charge in [-0.25, -0.2) is 0 Å². The fourth-order valence-electron chi connectivity index (χ4n) is 5.23. The zero-order chi connectivity index (χ0) is 24.7. The monoisotopic (exact) mass is 464 g/mol. The maximum atomic E-state index is 14.0. The minimum absolute atomic E-state index is 0.0919. The van der Waals surface area contributed by atoms with Crippen molar-refractivity contribution in [3.8, 4) is 0 Å². The van der Waals surface area contributed by atoms with Gasteiger partial charge >= 0.3 is 0 Å². The molecule has 34 heavy (non-hydrogen) atoms. The third-order valence-electron chi connectivity index (χ3n) is 7.46. The summed E-state index contributed by atoms with van der Waals surface area (Å²) >= 11 is 0. The van der Waals surface area contributed by atoms with Gasteiger partial charge in [0.2, 0.25) is 5.91 Å². The maximum Gasteiger partial charge on any atom is 0.277 e. The Morgan fingerprint density at radius 2 is 1.71 bits per heavy atom. The zero-order valence-corrected chi connectivity index (χ0v) is 21.7. The lowest BCUT2D eigenvalue weighted by atomic mass is 9.90. The second-order valence-electron chi connectivity index (χ2n) is 11.5. The van der Waals surface area contributed by atoms with Crippen LogP contribution >= 0.6 is 0 Å². The number of nitrogens with one attached hydrogen (secondary N) is 1. The molecule has 184 valence electrons. The molecule has 2 heterocycles. The van der Waals surface area contributed by atoms with Crippen molar-refractivity contribution in [1.29, 1.82) is 0 Å². The Bertz CT molecular complexity index is 1070. The highest BCUT2D eigenvalue weighted by molar-refractivity contribution is 6.12. The molecule has 0 spiro atoms. The molecule has 2 aromatic rings. The standard InChI is InChI=1S/C28H40N4O2/c1-19-14-15-20(2)22(16-19)32-25(33)23-17-24(27(3,4)5)30-31(23)18-28(32,6)26(34)29-21-12-10-8-7-9-11-13-21/h14-17,21H,7-13,18H2,1-6H3,(H,29,34)/t28-/m0/s1. The Hall–Kier alpha value is -2.63. The van der Waals surface area contributed by atoms with Gasteiger partial charge < -0.3 is 5.32 Å². The third-order valence-corrected chi connectivity index (χ3v) is 7.46. The number of rotatable bonds is 3. The Kier molecular flexibility index (Phi) is 6.63. The van der Waals surface area contributed by atoms with E-state index in [0.29, 0.717) is 12.2 Å². The van der Waals surface area contributed by atoms with E-state index >= 15 is 0 Å². The first-order valence-corrected chi connectivity index (χ1v) is 12.8. The van der Waals surface area contributed by atoms with Crippen molar-refractivity contribution in [1.82, 2.24) is 15.1 Å². The molecule has 1 aliphatic carbocycles. The van der Waals surface area contributed by atoms with E-state index in [2.05, 4.69) is 26.1 Å². The Balaban J connectivity index is 1.76. The Labute approximate surface area is 204 Å². The molecular weight excluding hydrogens is 424 g/mol. The van der Waals surface area contributed by atoms with Gasteiger partial charge in [-0.05, 0) is 56.9 Å². The molecule has 0 saturated heterocycles. The van der Waals surface area contributed by atoms with Crippen LogP contribution in [0.3, 0.4) is 0 Å². The molecule has 0 unspecified atom stereocenters. The van der Waals surface area contributed by atoms with Gasteiger partial charge in [0.1, 0.15) is 11.2 Å². The van der Waals surface area contributed by atoms with Crippen LogP contribution in [0.2, 0.25) is 0 Å². The van der Waals surface area contributed by atoms with Crippen LogP contribution in [0.5, 0.6) is 0 Å². The molecule has 1 atom stereocenters. The highest BCUT2D eigenvalue weighted by Crippen LogP contribution is 2.36. The SMILES string of the molecule is Cc1ccc(C)c(N2C(=O)c3cc(C(C)(C)C)nn3C[C@@]2(C)C(=O)NC2CCCCCCC2)c1. The van der Waals surface area contributed by atoms with Crippen molar-refractivity contribution in [2.45, 2.75) is 110 Å². The molecule has 2 aliphatic rings. The largest absolute Gasteiger partial charge is 0.351 e. The molecule has 1 aromatic carbocycles. The normalized spacial score (nSPS) is 22.2. The topological polar surface area (TPSA) is 67.2 Å². The number of aryl methyl sites for hydroxylation is 2. The van der Waals surface area contributed by atoms with Gasteiger partial charge in [-0.3, -0.25) is 19.2 Å². The van der Waals surface area contributed by atoms with Gasteiger partial charge in [0.15, 0.2) is 0 Å². The highest BCUT2D eigenvalue weighted by atomic mass is 16.2. The lowest BCUT2D eigenvalue weighted by Gasteiger charge is -2.44. The number of anilines is 1. The first-order valence-electron chi connectivity index (χ1n) is 12.8. The molecule has 6 nitrogen and oxygen atoms in total. The van der Waals surface area contributed by atoms with Gasteiger partial charge in [0, 0.05) is 17.1 Å². The molecule has 1 saturated carbocycles. The van der Waals surface area contributed by atoms with Crippen LogP contribution in [0, 0.1) is 13.8 Å². The van der Waals surface area contributed by atoms with E-state index in [0.717, 1.165) is 48.2 Å². The molecule has 2 amide bonds. The number of benzene rings is 1. The zero-order valence-electron chi connectivity index (χ0n) is 21.7. The van der Waals surface area contributed by atoms with E-state index in [4.69, 9.17) is 5.10 Å². The number of carbonyl (C=O) groups is 2. The Morgan fingerprint density at radius 1 is 1.06 bits per heavy atom. The minimum Gasteiger partial charge on any atom is -0.351 e. The van der Waals surface area contributed by atoms with Crippen molar-refractivity contribution in [3.63, 3.8) is 0 Å². The third kappa shape index (κ3) is 4.64. The second kappa shape index (κ2) is 9.20. The molecule has 0 bridgehead atoms. The number of aromatic nitrogens is 2. The second-order valence-corrected chi connectivity index (χ2v) is 11.5. The molecule has 0 radical (unpaired) electrons. The van der Waals surface area contributed by atoms with Crippen LogP contribution < -0.4 is 10.2 Å². The summed E-state index contributed by atoms with van der Waals surface area (Å²) in [5.41, 5.74) is 2.98. The van der Waals surface area contributed by atoms with Gasteiger partial charge in [-0.15, -0.1) is 0 Å². The van der Waals surface area contributed by atoms with Crippen molar-refractivity contribution in [3.05, 3.63) is 46.8 Å². The van der Waals surface area contributed by atoms with E-state index in [1.54, 1.807) is 9.58 Å². The van der Waals surface area contributed by atoms with E-state index < -0.39 is 5.54 Å². The quantitative estimate of drug-likeness (QED) is 0.657. The number of amides is 2. The lowest BCUT2D eigenvalue weighted by Crippen LogP contribution is -2.65. The van der Waals surface area contributed by atoms with Gasteiger partial charge in [0.05, 0.1) is 12.2 Å². The average Bonchev–Trinajstić information content (AvgIpc) is 3.17. The summed E-state index contributed by atoms with van der Waals surface area (Å²) in [6, 6.07) is 8.14. The first-order chi connectivity index (χ1) is 16.0. The summed E-state index contributed by atoms with van der Waals surface area (Å²) in [7, 11) is 0. The van der Waals surface area contributed by atoms with Crippen LogP contribution in [0.4, 0.5) is 5.69 Å². The number of carbonyl (C=O) groups excluding carboxylic acids is 2. The van der Waals surface area contributed by atoms with Crippen LogP contribution in [0.25, 0.3) is 0 Å². The van der Waals surface area contributed by atoms with Crippen LogP contribution in [-0.4, -0.2) is 33.2 Å². The predicted octanol–water partition coefficient (Wildman–Crippen LogP) is 5.45. The van der Waals surface area contributed by atoms with Crippen LogP contribution in [-0.2, 0) is 16.8 Å². The number of nitrogens with zero attached hydrogens (tertiary/aromatic N) is 3. The fraction of sp³-hybridized carbons (Fsp3) is 0.607. The summed E-state index contributed by atoms with van der Waals surface area (Å²) in [5.74, 6) is -0.260. The predicted molar refractivity (Wildman–Crippen MR) is 136 cm³/mol. The van der Waals surface area contributed by atoms with Gasteiger partial charge in [-0.1, -0.05) is 65.0 Å². The van der Waals surface area contributed by atoms with E-state index in [1.165, 1.54) is 19.3 Å². The smallest absolute Gasteiger partial charge is 0.277 e. The minimum atomic E-state index is -1.08. The van der Waals surface area contributed by atoms with Crippen molar-refractivity contribution in [2.24, 2.45) is 0 Å². The molecule has 6 heteroatoms. The summed E-state index contributed by atoms with van der Waals surface area (Å²) in [5, 5.41) is 8.13. The summed E-state index contributed by atoms with van der Waals surface area (Å²) in [6.07, 6.45) is 8.01. The molecule has 1 N–H and O–H groups in total. The van der Waals surface area contributed by atoms with Crippen LogP contribution in [0.15, 0.2) is 24.3 Å². The van der Waals surface area contributed by atoms with E-state index in [1.807, 2.05) is 45.0 Å². The average molecular weight is 465 g/mol. The highest BCUT2D eigenvalue weighted by Gasteiger charge is 2.50. The van der Waals surface area contributed by atoms with Crippen molar-refractivity contribution < 1.29 is 9.59 Å². The lowest BCUT2D eigenvalue weighted by molar-refractivity contribution is -0.127. The molecule has 1 aliphatic heterocycles. The van der Waals surface area contributed by atoms with Crippen molar-refractivity contribution >= 4 is 17.5 Å². The fourth-order valence-corrected chi connectivity index (χ4v) is 5.23. The number of hydrogen-bond acceptors (Lipinski definition) is 3. The van der Waals surface area contributed by atoms with Crippen molar-refractivity contribution in [2.75, 3.05) is 4.90 Å². The molecule has 1 fully saturated rings. The molecule has 4 rings (SSSR count). The summed E-state index contributed by atoms with van der Waals surface area (Å²) < 4.78 is 1.75. The summed E-state index contributed by atoms with van der Waals surface area (Å²) in [6.45, 7) is 12.5. The van der Waals surface area contributed by atoms with Gasteiger partial charge in [-0.2, -0.15) is 5.10 Å². The van der Waals surface area contributed by atoms with E-state index in [9.17, 15) is 9.59 Å². The maximum absolute atomic E-state index is 14.0. The summed E-state index contributed by atoms with van der Waals surface area (Å²) in [4.78, 5) is 29.7. The number of fused-ring (bicyclic) bond motifs is 1. The molecular formula is C28H40N4O2. The number of hydrogen-bond donors (Lipinski definition) is 1. The van der Waals surface area contributed by atoms with Gasteiger partial charge in [0.25, 0.3) is 5.91 Å². The Morgan fingerprint density at radius 3 is 2.35 bits per heavy atom.